The van der Waals surface area contributed by atoms with Gasteiger partial charge in [-0.1, -0.05) is 38.3 Å². The zero-order valence-electron chi connectivity index (χ0n) is 6.91. The monoisotopic (exact) mass is 126 g/mol. The van der Waals surface area contributed by atoms with Crippen molar-refractivity contribution in [3.63, 3.8) is 0 Å². The summed E-state index contributed by atoms with van der Waals surface area (Å²) in [5, 5.41) is 0. The summed E-state index contributed by atoms with van der Waals surface area (Å²) in [6, 6.07) is 0. The van der Waals surface area contributed by atoms with Crippen LogP contribution in [-0.2, 0) is 0 Å². The fraction of sp³-hybridized carbons (Fsp3) is 0.778. The van der Waals surface area contributed by atoms with Gasteiger partial charge in [0.2, 0.25) is 0 Å². The number of unbranched alkanes of at least 4 members (excludes halogenated alkanes) is 2. The molecule has 0 rings (SSSR count). The van der Waals surface area contributed by atoms with Gasteiger partial charge in [0, 0.05) is 0 Å². The molecule has 0 aromatic carbocycles. The molecule has 0 radical (unpaired) electrons. The van der Waals surface area contributed by atoms with E-state index in [2.05, 4.69) is 26.8 Å². The van der Waals surface area contributed by atoms with Crippen molar-refractivity contribution in [3.05, 3.63) is 11.6 Å². The zero-order valence-corrected chi connectivity index (χ0v) is 6.91. The molecule has 0 bridgehead atoms. The highest BCUT2D eigenvalue weighted by Gasteiger charge is 1.82. The topological polar surface area (TPSA) is 0 Å². The molecule has 0 amide bonds. The first kappa shape index (κ1) is 8.74. The summed E-state index contributed by atoms with van der Waals surface area (Å²) < 4.78 is 0. The van der Waals surface area contributed by atoms with Gasteiger partial charge in [0.05, 0.1) is 0 Å². The minimum atomic E-state index is 1.21. The highest BCUT2D eigenvalue weighted by Crippen LogP contribution is 2.02. The van der Waals surface area contributed by atoms with E-state index in [1.807, 2.05) is 0 Å². The fourth-order valence-electron chi connectivity index (χ4n) is 0.697. The molecule has 0 heteroatoms. The molecule has 0 unspecified atom stereocenters. The van der Waals surface area contributed by atoms with Crippen LogP contribution in [0, 0.1) is 0 Å². The molecule has 0 saturated heterocycles. The molecule has 0 nitrogen and oxygen atoms in total. The Hall–Kier alpha value is -0.260. The van der Waals surface area contributed by atoms with Gasteiger partial charge in [0.1, 0.15) is 0 Å². The first-order chi connectivity index (χ1) is 4.31. The summed E-state index contributed by atoms with van der Waals surface area (Å²) in [4.78, 5) is 0. The summed E-state index contributed by atoms with van der Waals surface area (Å²) in [5.74, 6) is 0. The molecule has 0 N–H and O–H groups in total. The molecule has 0 atom stereocenters. The van der Waals surface area contributed by atoms with Gasteiger partial charge in [-0.3, -0.25) is 0 Å². The van der Waals surface area contributed by atoms with Crippen molar-refractivity contribution in [2.45, 2.75) is 46.5 Å². The molecule has 54 valence electrons. The summed E-state index contributed by atoms with van der Waals surface area (Å²) in [5.41, 5.74) is 1.53. The summed E-state index contributed by atoms with van der Waals surface area (Å²) >= 11 is 0. The van der Waals surface area contributed by atoms with Crippen molar-refractivity contribution in [2.75, 3.05) is 0 Å². The second-order valence-corrected chi connectivity index (χ2v) is 2.55. The van der Waals surface area contributed by atoms with Crippen LogP contribution in [0.5, 0.6) is 0 Å². The van der Waals surface area contributed by atoms with Crippen LogP contribution in [0.25, 0.3) is 0 Å². The average Bonchev–Trinajstić information content (AvgIpc) is 1.89. The minimum absolute atomic E-state index is 1.21. The van der Waals surface area contributed by atoms with Gasteiger partial charge in [0.15, 0.2) is 0 Å². The Morgan fingerprint density at radius 2 is 2.00 bits per heavy atom. The lowest BCUT2D eigenvalue weighted by Gasteiger charge is -1.93. The molecule has 0 aromatic rings. The highest BCUT2D eigenvalue weighted by atomic mass is 13.9. The first-order valence-corrected chi connectivity index (χ1v) is 3.96. The summed E-state index contributed by atoms with van der Waals surface area (Å²) in [7, 11) is 0. The summed E-state index contributed by atoms with van der Waals surface area (Å²) in [6.45, 7) is 6.64. The maximum absolute atomic E-state index is 2.35. The first-order valence-electron chi connectivity index (χ1n) is 3.96. The average molecular weight is 126 g/mol. The van der Waals surface area contributed by atoms with Crippen molar-refractivity contribution in [1.82, 2.24) is 0 Å². The maximum atomic E-state index is 2.35. The zero-order chi connectivity index (χ0) is 7.11. The van der Waals surface area contributed by atoms with Gasteiger partial charge >= 0.3 is 0 Å². The van der Waals surface area contributed by atoms with Crippen molar-refractivity contribution in [2.24, 2.45) is 0 Å². The van der Waals surface area contributed by atoms with Gasteiger partial charge in [-0.2, -0.15) is 0 Å². The van der Waals surface area contributed by atoms with Crippen molar-refractivity contribution in [1.29, 1.82) is 0 Å². The Labute approximate surface area is 59.0 Å². The van der Waals surface area contributed by atoms with Gasteiger partial charge in [-0.05, 0) is 19.8 Å². The molecular weight excluding hydrogens is 108 g/mol. The lowest BCUT2D eigenvalue weighted by atomic mass is 10.1. The van der Waals surface area contributed by atoms with Crippen molar-refractivity contribution in [3.8, 4) is 0 Å². The molecule has 0 aliphatic heterocycles. The summed E-state index contributed by atoms with van der Waals surface area (Å²) in [6.07, 6.45) is 7.49. The van der Waals surface area contributed by atoms with E-state index in [1.165, 1.54) is 31.3 Å². The molecule has 0 fully saturated rings. The second kappa shape index (κ2) is 5.87. The Morgan fingerprint density at radius 3 is 2.44 bits per heavy atom. The molecule has 0 aliphatic carbocycles. The van der Waals surface area contributed by atoms with Crippen molar-refractivity contribution < 1.29 is 0 Å². The Morgan fingerprint density at radius 1 is 1.33 bits per heavy atom. The molecule has 0 heterocycles. The number of hydrogen-bond acceptors (Lipinski definition) is 0. The van der Waals surface area contributed by atoms with E-state index in [0.29, 0.717) is 0 Å². The third-order valence-corrected chi connectivity index (χ3v) is 1.61. The quantitative estimate of drug-likeness (QED) is 0.399. The molecule has 0 aromatic heterocycles. The van der Waals surface area contributed by atoms with E-state index in [9.17, 15) is 0 Å². The predicted octanol–water partition coefficient (Wildman–Crippen LogP) is 3.53. The lowest BCUT2D eigenvalue weighted by molar-refractivity contribution is 0.807. The van der Waals surface area contributed by atoms with Crippen LogP contribution in [-0.4, -0.2) is 0 Å². The molecule has 9 heavy (non-hydrogen) atoms. The number of rotatable bonds is 4. The molecule has 0 spiro atoms. The van der Waals surface area contributed by atoms with E-state index in [0.717, 1.165) is 0 Å². The van der Waals surface area contributed by atoms with Crippen LogP contribution in [0.1, 0.15) is 46.5 Å². The van der Waals surface area contributed by atoms with E-state index < -0.39 is 0 Å². The van der Waals surface area contributed by atoms with Gasteiger partial charge in [-0.15, -0.1) is 0 Å². The number of hydrogen-bond donors (Lipinski definition) is 0. The standard InChI is InChI=1S/C9H18/c1-4-6-7-8-9(3)5-2/h8H,4-7H2,1-3H3/b9-8+. The highest BCUT2D eigenvalue weighted by molar-refractivity contribution is 4.96. The van der Waals surface area contributed by atoms with Crippen LogP contribution in [0.15, 0.2) is 11.6 Å². The largest absolute Gasteiger partial charge is 0.0856 e. The molecular formula is C9H18. The Bertz CT molecular complexity index is 80.0. The van der Waals surface area contributed by atoms with Gasteiger partial charge in [-0.25, -0.2) is 0 Å². The second-order valence-electron chi connectivity index (χ2n) is 2.55. The van der Waals surface area contributed by atoms with E-state index in [1.54, 1.807) is 0 Å². The number of allylic oxidation sites excluding steroid dienone is 2. The Balaban J connectivity index is 3.21. The van der Waals surface area contributed by atoms with E-state index in [4.69, 9.17) is 0 Å². The third kappa shape index (κ3) is 5.61. The normalized spacial score (nSPS) is 12.1. The van der Waals surface area contributed by atoms with Gasteiger partial charge in [0.25, 0.3) is 0 Å². The van der Waals surface area contributed by atoms with Crippen LogP contribution < -0.4 is 0 Å². The molecule has 0 aliphatic rings. The minimum Gasteiger partial charge on any atom is -0.0856 e. The van der Waals surface area contributed by atoms with Crippen LogP contribution in [0.4, 0.5) is 0 Å². The van der Waals surface area contributed by atoms with Crippen molar-refractivity contribution >= 4 is 0 Å². The van der Waals surface area contributed by atoms with Crippen LogP contribution >= 0.6 is 0 Å². The van der Waals surface area contributed by atoms with Crippen LogP contribution in [0.2, 0.25) is 0 Å². The van der Waals surface area contributed by atoms with Gasteiger partial charge < -0.3 is 0 Å². The fourth-order valence-corrected chi connectivity index (χ4v) is 0.697. The third-order valence-electron chi connectivity index (χ3n) is 1.61. The van der Waals surface area contributed by atoms with E-state index in [-0.39, 0.29) is 0 Å². The van der Waals surface area contributed by atoms with E-state index >= 15 is 0 Å². The van der Waals surface area contributed by atoms with Crippen LogP contribution in [0.3, 0.4) is 0 Å². The smallest absolute Gasteiger partial charge is 0.0348 e. The SMILES string of the molecule is CCCC/C=C(\C)CC. The maximum Gasteiger partial charge on any atom is -0.0348 e. The Kier molecular flexibility index (Phi) is 5.70. The molecule has 0 saturated carbocycles. The predicted molar refractivity (Wildman–Crippen MR) is 43.6 cm³/mol. The lowest BCUT2D eigenvalue weighted by Crippen LogP contribution is -1.72.